The molecule has 0 spiro atoms. The number of benzene rings is 3. The summed E-state index contributed by atoms with van der Waals surface area (Å²) in [6.45, 7) is -7.30. The Hall–Kier alpha value is -4.37. The monoisotopic (exact) mass is 647 g/mol. The van der Waals surface area contributed by atoms with E-state index in [0.29, 0.717) is 18.5 Å². The van der Waals surface area contributed by atoms with Crippen LogP contribution in [0.3, 0.4) is 0 Å². The Kier molecular flexibility index (Phi) is 6.20. The summed E-state index contributed by atoms with van der Waals surface area (Å²) in [4.78, 5) is 42.5. The van der Waals surface area contributed by atoms with Gasteiger partial charge in [0.1, 0.15) is 11.8 Å². The van der Waals surface area contributed by atoms with Gasteiger partial charge in [-0.2, -0.15) is 0 Å². The van der Waals surface area contributed by atoms with Gasteiger partial charge in [0, 0.05) is 30.1 Å². The molecule has 9 nitrogen and oxygen atoms in total. The molecule has 0 radical (unpaired) electrons. The number of aliphatic hydroxyl groups is 1. The van der Waals surface area contributed by atoms with Crippen LogP contribution in [0, 0.1) is 19.6 Å². The molecule has 1 aliphatic rings. The molecule has 3 aromatic rings. The largest absolute Gasteiger partial charge is 0.483 e. The molecule has 4 amide bonds. The molecule has 4 rings (SSSR count). The molecule has 1 fully saturated rings. The minimum absolute atomic E-state index is 0.168. The summed E-state index contributed by atoms with van der Waals surface area (Å²) >= 11 is 0. The molecule has 0 saturated carbocycles. The van der Waals surface area contributed by atoms with Crippen molar-refractivity contribution in [2.75, 3.05) is 19.6 Å². The number of hydrogen-bond donors (Lipinski definition) is 4. The molecule has 3 aromatic carbocycles. The van der Waals surface area contributed by atoms with Gasteiger partial charge in [-0.05, 0) is 67.5 Å². The second-order valence-corrected chi connectivity index (χ2v) is 10.8. The van der Waals surface area contributed by atoms with Gasteiger partial charge in [-0.3, -0.25) is 9.59 Å². The lowest BCUT2D eigenvalue weighted by atomic mass is 9.92. The minimum Gasteiger partial charge on any atom is -0.483 e. The Bertz CT molecular complexity index is 2220. The fourth-order valence-electron chi connectivity index (χ4n) is 4.87. The van der Waals surface area contributed by atoms with E-state index < -0.39 is 152 Å². The maximum atomic E-state index is 14.2. The highest BCUT2D eigenvalue weighted by atomic mass is 16.5. The lowest BCUT2D eigenvalue weighted by molar-refractivity contribution is -0.128. The summed E-state index contributed by atoms with van der Waals surface area (Å²) < 4.78 is 164. The third-order valence-electron chi connectivity index (χ3n) is 6.94. The van der Waals surface area contributed by atoms with Crippen LogP contribution in [0.5, 0.6) is 5.75 Å². The molecule has 1 saturated heterocycles. The topological polar surface area (TPSA) is 120 Å². The van der Waals surface area contributed by atoms with Crippen molar-refractivity contribution in [2.45, 2.75) is 77.4 Å². The molecule has 4 atom stereocenters. The van der Waals surface area contributed by atoms with E-state index in [2.05, 4.69) is 10.6 Å². The normalized spacial score (nSPS) is 23.6. The number of nitrogens with zero attached hydrogens (tertiary/aromatic N) is 1. The van der Waals surface area contributed by atoms with Gasteiger partial charge < -0.3 is 30.7 Å². The number of urea groups is 1. The zero-order chi connectivity index (χ0) is 49.5. The first-order valence-corrected chi connectivity index (χ1v) is 14.5. The number of amides is 4. The predicted octanol–water partition coefficient (Wildman–Crippen LogP) is 4.33. The molecule has 0 unspecified atom stereocenters. The van der Waals surface area contributed by atoms with Gasteiger partial charge in [0.05, 0.1) is 27.2 Å². The van der Waals surface area contributed by atoms with Crippen LogP contribution in [0.15, 0.2) is 78.7 Å². The van der Waals surface area contributed by atoms with Crippen LogP contribution in [-0.4, -0.2) is 71.7 Å². The van der Waals surface area contributed by atoms with Crippen LogP contribution < -0.4 is 20.7 Å². The summed E-state index contributed by atoms with van der Waals surface area (Å²) in [6.07, 6.45) is -7.07. The van der Waals surface area contributed by atoms with Gasteiger partial charge in [-0.25, -0.2) is 4.79 Å². The van der Waals surface area contributed by atoms with Crippen molar-refractivity contribution in [1.29, 1.82) is 0 Å². The lowest BCUT2D eigenvalue weighted by Gasteiger charge is -2.37. The van der Waals surface area contributed by atoms with Crippen LogP contribution >= 0.6 is 0 Å². The fraction of sp³-hybridized carbons (Fsp3) is 0.432. The molecule has 4 N–H and O–H groups in total. The molecular formula is C37H48N4O5. The predicted molar refractivity (Wildman–Crippen MR) is 180 cm³/mol. The molecule has 46 heavy (non-hydrogen) atoms. The second-order valence-electron chi connectivity index (χ2n) is 10.8. The Labute approximate surface area is 299 Å². The van der Waals surface area contributed by atoms with Gasteiger partial charge >= 0.3 is 6.03 Å². The van der Waals surface area contributed by atoms with Crippen LogP contribution in [0.25, 0.3) is 0 Å². The Morgan fingerprint density at radius 1 is 1.07 bits per heavy atom. The first-order valence-electron chi connectivity index (χ1n) is 24.0. The van der Waals surface area contributed by atoms with Gasteiger partial charge in [-0.1, -0.05) is 92.5 Å². The molecule has 246 valence electrons. The third kappa shape index (κ3) is 9.81. The molecule has 0 aliphatic carbocycles. The molecule has 1 aliphatic heterocycles. The molecule has 9 heteroatoms. The smallest absolute Gasteiger partial charge is 0.318 e. The van der Waals surface area contributed by atoms with Crippen molar-refractivity contribution in [3.8, 4) is 5.75 Å². The van der Waals surface area contributed by atoms with E-state index in [9.17, 15) is 23.6 Å². The summed E-state index contributed by atoms with van der Waals surface area (Å²) in [5, 5.41) is 19.2. The van der Waals surface area contributed by atoms with E-state index in [1.54, 1.807) is 49.5 Å². The number of hydrogen-bond acceptors (Lipinski definition) is 5. The molecular weight excluding hydrogens is 580 g/mol. The number of carbonyl (C=O) groups is 3. The number of nitrogens with one attached hydrogen (secondary N) is 3. The lowest BCUT2D eigenvalue weighted by Crippen LogP contribution is -2.59. The van der Waals surface area contributed by atoms with E-state index >= 15 is 0 Å². The highest BCUT2D eigenvalue weighted by Crippen LogP contribution is 2.22. The van der Waals surface area contributed by atoms with Crippen LogP contribution in [-0.2, 0) is 22.4 Å². The summed E-state index contributed by atoms with van der Waals surface area (Å²) in [7, 11) is 0. The summed E-state index contributed by atoms with van der Waals surface area (Å²) in [5.74, 6) is -5.04. The Morgan fingerprint density at radius 3 is 2.43 bits per heavy atom. The van der Waals surface area contributed by atoms with Crippen molar-refractivity contribution in [3.05, 3.63) is 101 Å². The minimum atomic E-state index is -4.11. The summed E-state index contributed by atoms with van der Waals surface area (Å²) in [6, 6.07) is -8.01. The van der Waals surface area contributed by atoms with Gasteiger partial charge in [0.25, 0.3) is 5.91 Å². The van der Waals surface area contributed by atoms with E-state index in [4.69, 9.17) is 26.7 Å². The number of rotatable bonds is 15. The Balaban J connectivity index is 1.92. The molecule has 1 heterocycles. The van der Waals surface area contributed by atoms with E-state index in [0.717, 1.165) is 0 Å². The van der Waals surface area contributed by atoms with E-state index in [1.807, 2.05) is 0 Å². The maximum Gasteiger partial charge on any atom is 0.318 e. The van der Waals surface area contributed by atoms with Crippen LogP contribution in [0.4, 0.5) is 4.79 Å². The van der Waals surface area contributed by atoms with Crippen LogP contribution in [0.2, 0.25) is 0 Å². The summed E-state index contributed by atoms with van der Waals surface area (Å²) in [5.41, 5.74) is -3.57. The first-order chi connectivity index (χ1) is 29.7. The van der Waals surface area contributed by atoms with Crippen LogP contribution in [0.1, 0.15) is 75.0 Å². The van der Waals surface area contributed by atoms with Crippen molar-refractivity contribution in [2.24, 2.45) is 5.92 Å². The molecule has 0 bridgehead atoms. The SMILES string of the molecule is [2H]c1c([2H])c([2H])c(C([2H])([2H])[C@]([2H])(NC(=O)C([2H])([2H])Oc2c(C([2H])([2H])[2H])c([2H])c([2H])c([2H])c2C([2H])([2H])[2H])[C@@H](O)C[C@H](Cc2ccccc2)NC(=O)[C@H](C(C)C)N2CCCNC2=O)c([2H])c1[2H]. The zero-order valence-electron chi connectivity index (χ0n) is 44.3. The maximum absolute atomic E-state index is 14.2. The van der Waals surface area contributed by atoms with Gasteiger partial charge in [0.15, 0.2) is 6.56 Å². The number of aliphatic hydroxyl groups excluding tert-OH is 1. The fourth-order valence-corrected chi connectivity index (χ4v) is 4.87. The number of ether oxygens (including phenoxy) is 1. The van der Waals surface area contributed by atoms with Gasteiger partial charge in [0.2, 0.25) is 5.91 Å². The third-order valence-corrected chi connectivity index (χ3v) is 6.94. The first kappa shape index (κ1) is 17.0. The molecule has 0 aromatic heterocycles. The number of para-hydroxylation sites is 1. The quantitative estimate of drug-likeness (QED) is 0.196. The van der Waals surface area contributed by atoms with Crippen molar-refractivity contribution < 1.29 is 50.3 Å². The number of carbonyl (C=O) groups excluding carboxylic acids is 3. The highest BCUT2D eigenvalue weighted by molar-refractivity contribution is 5.87. The van der Waals surface area contributed by atoms with E-state index in [1.165, 1.54) is 4.90 Å². The highest BCUT2D eigenvalue weighted by Gasteiger charge is 2.35. The van der Waals surface area contributed by atoms with Crippen molar-refractivity contribution in [1.82, 2.24) is 20.9 Å². The average Bonchev–Trinajstić information content (AvgIpc) is 3.18. The van der Waals surface area contributed by atoms with Crippen molar-refractivity contribution in [3.63, 3.8) is 0 Å². The Morgan fingerprint density at radius 2 is 1.78 bits per heavy atom. The average molecular weight is 648 g/mol. The standard InChI is InChI=1S/C37H48N4O5/c1-25(2)34(41-20-12-19-38-37(41)45)36(44)39-30(21-28-15-7-5-8-16-28)23-32(42)31(22-29-17-9-6-10-18-29)40-33(43)24-46-35-26(3)13-11-14-27(35)4/h5-11,13-18,25,30-32,34,42H,12,19-24H2,1-4H3,(H,38,45)(H,39,44)(H,40,43)/t30-,31-,32-,34-/m0/s1/i3D3,4D3,6D,9D,10D,11D,13D,14D,17D,18D,22D2,24D2,31D. The van der Waals surface area contributed by atoms with Crippen molar-refractivity contribution >= 4 is 17.8 Å². The second kappa shape index (κ2) is 16.8. The van der Waals surface area contributed by atoms with Gasteiger partial charge in [-0.15, -0.1) is 0 Å². The zero-order valence-corrected chi connectivity index (χ0v) is 25.3. The van der Waals surface area contributed by atoms with E-state index in [-0.39, 0.29) is 13.0 Å².